The molecule has 196 valence electrons. The number of hydrogen-bond acceptors (Lipinski definition) is 5. The van der Waals surface area contributed by atoms with Gasteiger partial charge in [0.05, 0.1) is 17.1 Å². The van der Waals surface area contributed by atoms with Crippen LogP contribution < -0.4 is 0 Å². The molecule has 5 heteroatoms. The van der Waals surface area contributed by atoms with Crippen molar-refractivity contribution in [3.8, 4) is 0 Å². The van der Waals surface area contributed by atoms with Gasteiger partial charge in [-0.05, 0) is 98.0 Å². The SMILES string of the molecule is CC(C)=CCC/C(C)=C/C=C/C(C)=C/C1C[C@@]2(C(O)O1)[C@H](CCCO)/C(=C(\C)C=O)CC[C@]2(C)O. The summed E-state index contributed by atoms with van der Waals surface area (Å²) >= 11 is 0. The molecule has 1 saturated heterocycles. The van der Waals surface area contributed by atoms with Crippen molar-refractivity contribution < 1.29 is 24.9 Å². The third-order valence-electron chi connectivity index (χ3n) is 7.82. The van der Waals surface area contributed by atoms with E-state index in [0.717, 1.165) is 30.3 Å². The van der Waals surface area contributed by atoms with Crippen LogP contribution in [0.25, 0.3) is 0 Å². The summed E-state index contributed by atoms with van der Waals surface area (Å²) in [6, 6.07) is 0. The van der Waals surface area contributed by atoms with Crippen LogP contribution in [0.2, 0.25) is 0 Å². The van der Waals surface area contributed by atoms with E-state index in [1.54, 1.807) is 13.8 Å². The van der Waals surface area contributed by atoms with Gasteiger partial charge in [-0.3, -0.25) is 4.79 Å². The first kappa shape index (κ1) is 29.4. The van der Waals surface area contributed by atoms with E-state index < -0.39 is 17.3 Å². The van der Waals surface area contributed by atoms with E-state index in [0.29, 0.717) is 37.7 Å². The Balaban J connectivity index is 2.26. The van der Waals surface area contributed by atoms with E-state index in [9.17, 15) is 20.1 Å². The van der Waals surface area contributed by atoms with Crippen LogP contribution in [0.5, 0.6) is 0 Å². The van der Waals surface area contributed by atoms with Crippen LogP contribution in [0.1, 0.15) is 86.5 Å². The molecule has 0 aromatic rings. The molecule has 1 aliphatic carbocycles. The Morgan fingerprint density at radius 2 is 1.91 bits per heavy atom. The number of hydrogen-bond donors (Lipinski definition) is 3. The minimum atomic E-state index is -1.16. The van der Waals surface area contributed by atoms with Crippen LogP contribution in [0, 0.1) is 11.3 Å². The summed E-state index contributed by atoms with van der Waals surface area (Å²) in [5, 5.41) is 32.3. The zero-order chi connectivity index (χ0) is 26.2. The first-order valence-corrected chi connectivity index (χ1v) is 13.0. The Labute approximate surface area is 212 Å². The Hall–Kier alpha value is -1.79. The smallest absolute Gasteiger partial charge is 0.164 e. The minimum absolute atomic E-state index is 0.0214. The summed E-state index contributed by atoms with van der Waals surface area (Å²) in [5.74, 6) is -0.237. The molecule has 1 aliphatic heterocycles. The number of aldehydes is 1. The Morgan fingerprint density at radius 3 is 2.54 bits per heavy atom. The molecule has 2 rings (SSSR count). The van der Waals surface area contributed by atoms with Gasteiger partial charge in [-0.2, -0.15) is 0 Å². The lowest BCUT2D eigenvalue weighted by Gasteiger charge is -2.53. The van der Waals surface area contributed by atoms with E-state index in [1.165, 1.54) is 11.1 Å². The fourth-order valence-corrected chi connectivity index (χ4v) is 5.80. The predicted molar refractivity (Wildman–Crippen MR) is 142 cm³/mol. The average molecular weight is 487 g/mol. The van der Waals surface area contributed by atoms with Crippen molar-refractivity contribution in [1.82, 2.24) is 0 Å². The molecule has 5 nitrogen and oxygen atoms in total. The Kier molecular flexibility index (Phi) is 10.9. The zero-order valence-corrected chi connectivity index (χ0v) is 22.5. The van der Waals surface area contributed by atoms with Gasteiger partial charge in [-0.1, -0.05) is 52.7 Å². The summed E-state index contributed by atoms with van der Waals surface area (Å²) in [6.45, 7) is 12.0. The standard InChI is InChI=1S/C30H46O5/c1-21(2)10-7-11-22(3)12-8-13-23(4)18-25-19-30(28(33)35-25)27(14-9-17-31)26(24(5)20-32)15-16-29(30,6)34/h8,10,12-13,18,20,25,27-28,31,33-34H,7,9,11,14-17,19H2,1-6H3/b13-8+,22-12+,23-18+,26-24+/t25?,27-,28?,29+,30+/m1/s1. The summed E-state index contributed by atoms with van der Waals surface area (Å²) < 4.78 is 6.03. The van der Waals surface area contributed by atoms with Crippen LogP contribution in [0.15, 0.2) is 58.2 Å². The highest BCUT2D eigenvalue weighted by Gasteiger charge is 2.64. The van der Waals surface area contributed by atoms with Crippen molar-refractivity contribution in [2.24, 2.45) is 11.3 Å². The molecule has 2 fully saturated rings. The lowest BCUT2D eigenvalue weighted by atomic mass is 9.53. The van der Waals surface area contributed by atoms with Crippen molar-refractivity contribution in [1.29, 1.82) is 0 Å². The molecule has 0 aromatic carbocycles. The van der Waals surface area contributed by atoms with Crippen LogP contribution >= 0.6 is 0 Å². The highest BCUT2D eigenvalue weighted by Crippen LogP contribution is 2.60. The third kappa shape index (κ3) is 7.13. The molecular formula is C30H46O5. The van der Waals surface area contributed by atoms with Crippen LogP contribution in [-0.2, 0) is 9.53 Å². The minimum Gasteiger partial charge on any atom is -0.396 e. The Bertz CT molecular complexity index is 884. The third-order valence-corrected chi connectivity index (χ3v) is 7.82. The molecular weight excluding hydrogens is 440 g/mol. The van der Waals surface area contributed by atoms with Gasteiger partial charge in [-0.15, -0.1) is 0 Å². The largest absolute Gasteiger partial charge is 0.396 e. The number of carbonyl (C=O) groups is 1. The monoisotopic (exact) mass is 486 g/mol. The molecule has 1 saturated carbocycles. The molecule has 1 spiro atoms. The second-order valence-corrected chi connectivity index (χ2v) is 10.9. The second kappa shape index (κ2) is 13.0. The van der Waals surface area contributed by atoms with Crippen molar-refractivity contribution >= 4 is 6.29 Å². The van der Waals surface area contributed by atoms with Gasteiger partial charge >= 0.3 is 0 Å². The second-order valence-electron chi connectivity index (χ2n) is 10.9. The number of ether oxygens (including phenoxy) is 1. The van der Waals surface area contributed by atoms with Gasteiger partial charge in [0.1, 0.15) is 6.29 Å². The van der Waals surface area contributed by atoms with Gasteiger partial charge in [0.15, 0.2) is 6.29 Å². The first-order chi connectivity index (χ1) is 16.5. The van der Waals surface area contributed by atoms with Gasteiger partial charge in [-0.25, -0.2) is 0 Å². The summed E-state index contributed by atoms with van der Waals surface area (Å²) in [7, 11) is 0. The van der Waals surface area contributed by atoms with E-state index >= 15 is 0 Å². The predicted octanol–water partition coefficient (Wildman–Crippen LogP) is 5.72. The maximum atomic E-state index is 11.6. The van der Waals surface area contributed by atoms with Crippen LogP contribution in [0.3, 0.4) is 0 Å². The summed E-state index contributed by atoms with van der Waals surface area (Å²) in [4.78, 5) is 11.6. The van der Waals surface area contributed by atoms with E-state index in [-0.39, 0.29) is 18.6 Å². The Morgan fingerprint density at radius 1 is 1.20 bits per heavy atom. The summed E-state index contributed by atoms with van der Waals surface area (Å²) in [6.07, 6.45) is 14.5. The van der Waals surface area contributed by atoms with Crippen molar-refractivity contribution in [3.05, 3.63) is 58.2 Å². The number of carbonyl (C=O) groups excluding carboxylic acids is 1. The van der Waals surface area contributed by atoms with E-state index in [1.807, 2.05) is 25.2 Å². The van der Waals surface area contributed by atoms with Crippen LogP contribution in [-0.4, -0.2) is 46.2 Å². The molecule has 0 amide bonds. The van der Waals surface area contributed by atoms with Crippen LogP contribution in [0.4, 0.5) is 0 Å². The molecule has 0 bridgehead atoms. The average Bonchev–Trinajstić information content (AvgIpc) is 3.10. The molecule has 5 atom stereocenters. The molecule has 0 radical (unpaired) electrons. The van der Waals surface area contributed by atoms with Gasteiger partial charge in [0.2, 0.25) is 0 Å². The number of rotatable bonds is 10. The van der Waals surface area contributed by atoms with Gasteiger partial charge < -0.3 is 20.1 Å². The number of aliphatic hydroxyl groups excluding tert-OH is 2. The molecule has 0 aromatic heterocycles. The van der Waals surface area contributed by atoms with Crippen molar-refractivity contribution in [3.63, 3.8) is 0 Å². The maximum Gasteiger partial charge on any atom is 0.164 e. The molecule has 1 heterocycles. The lowest BCUT2D eigenvalue weighted by Crippen LogP contribution is -2.58. The quantitative estimate of drug-likeness (QED) is 0.159. The summed E-state index contributed by atoms with van der Waals surface area (Å²) in [5.41, 5.74) is 3.20. The van der Waals surface area contributed by atoms with Crippen molar-refractivity contribution in [2.75, 3.05) is 6.61 Å². The highest BCUT2D eigenvalue weighted by atomic mass is 16.6. The number of allylic oxidation sites excluding steroid dienone is 9. The molecule has 2 unspecified atom stereocenters. The molecule has 2 aliphatic rings. The van der Waals surface area contributed by atoms with Gasteiger partial charge in [0.25, 0.3) is 0 Å². The number of aliphatic hydroxyl groups is 3. The normalized spacial score (nSPS) is 33.5. The zero-order valence-electron chi connectivity index (χ0n) is 22.5. The van der Waals surface area contributed by atoms with E-state index in [4.69, 9.17) is 4.74 Å². The first-order valence-electron chi connectivity index (χ1n) is 13.0. The lowest BCUT2D eigenvalue weighted by molar-refractivity contribution is -0.219. The molecule has 3 N–H and O–H groups in total. The highest BCUT2D eigenvalue weighted by molar-refractivity contribution is 5.74. The topological polar surface area (TPSA) is 87.0 Å². The molecule has 35 heavy (non-hydrogen) atoms. The fraction of sp³-hybridized carbons (Fsp3) is 0.633. The van der Waals surface area contributed by atoms with Crippen molar-refractivity contribution in [2.45, 2.75) is 104 Å². The fourth-order valence-electron chi connectivity index (χ4n) is 5.80. The maximum absolute atomic E-state index is 11.6. The van der Waals surface area contributed by atoms with E-state index in [2.05, 4.69) is 32.9 Å². The van der Waals surface area contributed by atoms with Gasteiger partial charge in [0, 0.05) is 6.61 Å².